The number of hydrogen-bond donors (Lipinski definition) is 1. The second-order valence-electron chi connectivity index (χ2n) is 3.43. The van der Waals surface area contributed by atoms with Crippen molar-refractivity contribution < 1.29 is 4.39 Å². The van der Waals surface area contributed by atoms with E-state index >= 15 is 0 Å². The first-order valence-corrected chi connectivity index (χ1v) is 5.12. The summed E-state index contributed by atoms with van der Waals surface area (Å²) in [6.07, 6.45) is 2.18. The van der Waals surface area contributed by atoms with Gasteiger partial charge in [0.05, 0.1) is 4.47 Å². The Labute approximate surface area is 85.5 Å². The van der Waals surface area contributed by atoms with Crippen LogP contribution in [0.3, 0.4) is 0 Å². The van der Waals surface area contributed by atoms with E-state index < -0.39 is 0 Å². The zero-order valence-electron chi connectivity index (χ0n) is 7.40. The Morgan fingerprint density at radius 3 is 2.69 bits per heavy atom. The highest BCUT2D eigenvalue weighted by Crippen LogP contribution is 2.47. The van der Waals surface area contributed by atoms with Crippen molar-refractivity contribution in [1.29, 1.82) is 0 Å². The highest BCUT2D eigenvalue weighted by molar-refractivity contribution is 9.10. The SMILES string of the molecule is CNC1(c2cccc(F)c2Br)CC1. The Kier molecular flexibility index (Phi) is 2.16. The minimum atomic E-state index is -0.181. The molecule has 3 heteroatoms. The zero-order valence-corrected chi connectivity index (χ0v) is 8.99. The molecule has 0 saturated heterocycles. The maximum absolute atomic E-state index is 13.2. The predicted octanol–water partition coefficient (Wildman–Crippen LogP) is 2.80. The van der Waals surface area contributed by atoms with Gasteiger partial charge in [-0.1, -0.05) is 12.1 Å². The van der Waals surface area contributed by atoms with E-state index in [0.717, 1.165) is 18.4 Å². The van der Waals surface area contributed by atoms with Crippen molar-refractivity contribution in [2.75, 3.05) is 7.05 Å². The van der Waals surface area contributed by atoms with Crippen molar-refractivity contribution in [2.24, 2.45) is 0 Å². The fraction of sp³-hybridized carbons (Fsp3) is 0.400. The first-order valence-electron chi connectivity index (χ1n) is 4.33. The fourth-order valence-corrected chi connectivity index (χ4v) is 2.30. The molecule has 2 rings (SSSR count). The van der Waals surface area contributed by atoms with Crippen molar-refractivity contribution >= 4 is 15.9 Å². The van der Waals surface area contributed by atoms with Crippen LogP contribution >= 0.6 is 15.9 Å². The van der Waals surface area contributed by atoms with E-state index in [1.54, 1.807) is 6.07 Å². The molecule has 1 aliphatic rings. The van der Waals surface area contributed by atoms with Crippen molar-refractivity contribution in [2.45, 2.75) is 18.4 Å². The van der Waals surface area contributed by atoms with Crippen LogP contribution in [0.4, 0.5) is 4.39 Å². The van der Waals surface area contributed by atoms with Gasteiger partial charge in [-0.25, -0.2) is 4.39 Å². The van der Waals surface area contributed by atoms with Gasteiger partial charge in [-0.3, -0.25) is 0 Å². The first kappa shape index (κ1) is 9.16. The molecule has 0 radical (unpaired) electrons. The van der Waals surface area contributed by atoms with Crippen LogP contribution in [-0.4, -0.2) is 7.05 Å². The van der Waals surface area contributed by atoms with Gasteiger partial charge in [0.2, 0.25) is 0 Å². The molecule has 0 amide bonds. The smallest absolute Gasteiger partial charge is 0.137 e. The van der Waals surface area contributed by atoms with Gasteiger partial charge < -0.3 is 5.32 Å². The summed E-state index contributed by atoms with van der Waals surface area (Å²) in [6, 6.07) is 5.20. The second-order valence-corrected chi connectivity index (χ2v) is 4.23. The Bertz CT molecular complexity index is 334. The minimum absolute atomic E-state index is 0.0287. The highest BCUT2D eigenvalue weighted by atomic mass is 79.9. The molecule has 1 aromatic rings. The van der Waals surface area contributed by atoms with Gasteiger partial charge in [-0.05, 0) is 47.4 Å². The predicted molar refractivity (Wildman–Crippen MR) is 54.1 cm³/mol. The molecule has 0 aliphatic heterocycles. The largest absolute Gasteiger partial charge is 0.310 e. The molecule has 1 aliphatic carbocycles. The third-order valence-corrected chi connectivity index (χ3v) is 3.50. The first-order chi connectivity index (χ1) is 6.19. The Morgan fingerprint density at radius 1 is 1.46 bits per heavy atom. The molecule has 70 valence electrons. The quantitative estimate of drug-likeness (QED) is 0.843. The minimum Gasteiger partial charge on any atom is -0.310 e. The molecule has 1 fully saturated rings. The van der Waals surface area contributed by atoms with Crippen molar-refractivity contribution in [3.63, 3.8) is 0 Å². The topological polar surface area (TPSA) is 12.0 Å². The van der Waals surface area contributed by atoms with Crippen molar-refractivity contribution in [3.05, 3.63) is 34.1 Å². The number of nitrogens with one attached hydrogen (secondary N) is 1. The van der Waals surface area contributed by atoms with Gasteiger partial charge in [-0.2, -0.15) is 0 Å². The number of halogens is 2. The summed E-state index contributed by atoms with van der Waals surface area (Å²) in [5, 5.41) is 3.24. The molecule has 0 atom stereocenters. The van der Waals surface area contributed by atoms with E-state index in [-0.39, 0.29) is 11.4 Å². The fourth-order valence-electron chi connectivity index (χ4n) is 1.65. The third kappa shape index (κ3) is 1.40. The Morgan fingerprint density at radius 2 is 2.15 bits per heavy atom. The van der Waals surface area contributed by atoms with E-state index in [9.17, 15) is 4.39 Å². The number of hydrogen-bond acceptors (Lipinski definition) is 1. The van der Waals surface area contributed by atoms with Gasteiger partial charge in [0.1, 0.15) is 5.82 Å². The molecule has 1 nitrogen and oxygen atoms in total. The number of rotatable bonds is 2. The molecule has 1 aromatic carbocycles. The van der Waals surface area contributed by atoms with Crippen LogP contribution in [0.25, 0.3) is 0 Å². The summed E-state index contributed by atoms with van der Waals surface area (Å²) < 4.78 is 13.8. The second kappa shape index (κ2) is 3.07. The average Bonchev–Trinajstić information content (AvgIpc) is 2.90. The summed E-state index contributed by atoms with van der Waals surface area (Å²) in [5.74, 6) is -0.181. The molecule has 1 saturated carbocycles. The average molecular weight is 244 g/mol. The summed E-state index contributed by atoms with van der Waals surface area (Å²) in [7, 11) is 1.92. The van der Waals surface area contributed by atoms with E-state index in [2.05, 4.69) is 21.2 Å². The number of benzene rings is 1. The zero-order chi connectivity index (χ0) is 9.47. The lowest BCUT2D eigenvalue weighted by molar-refractivity contribution is 0.564. The molecule has 0 heterocycles. The van der Waals surface area contributed by atoms with E-state index in [4.69, 9.17) is 0 Å². The van der Waals surface area contributed by atoms with E-state index in [1.165, 1.54) is 6.07 Å². The monoisotopic (exact) mass is 243 g/mol. The summed E-state index contributed by atoms with van der Waals surface area (Å²) >= 11 is 3.28. The molecule has 0 bridgehead atoms. The lowest BCUT2D eigenvalue weighted by Gasteiger charge is -2.16. The van der Waals surface area contributed by atoms with Gasteiger partial charge in [0.25, 0.3) is 0 Å². The van der Waals surface area contributed by atoms with Crippen LogP contribution in [0, 0.1) is 5.82 Å². The van der Waals surface area contributed by atoms with E-state index in [1.807, 2.05) is 13.1 Å². The van der Waals surface area contributed by atoms with Crippen LogP contribution in [-0.2, 0) is 5.54 Å². The lowest BCUT2D eigenvalue weighted by Crippen LogP contribution is -2.25. The molecule has 0 spiro atoms. The lowest BCUT2D eigenvalue weighted by atomic mass is 10.1. The van der Waals surface area contributed by atoms with Crippen LogP contribution in [0.2, 0.25) is 0 Å². The van der Waals surface area contributed by atoms with Gasteiger partial charge >= 0.3 is 0 Å². The molecule has 0 aromatic heterocycles. The Balaban J connectivity index is 2.46. The molecule has 0 unspecified atom stereocenters. The third-order valence-electron chi connectivity index (χ3n) is 2.70. The summed E-state index contributed by atoms with van der Waals surface area (Å²) in [6.45, 7) is 0. The molecular weight excluding hydrogens is 233 g/mol. The normalized spacial score (nSPS) is 18.7. The van der Waals surface area contributed by atoms with Crippen LogP contribution in [0.5, 0.6) is 0 Å². The van der Waals surface area contributed by atoms with E-state index in [0.29, 0.717) is 4.47 Å². The maximum Gasteiger partial charge on any atom is 0.137 e. The van der Waals surface area contributed by atoms with Gasteiger partial charge in [-0.15, -0.1) is 0 Å². The maximum atomic E-state index is 13.2. The van der Waals surface area contributed by atoms with Crippen LogP contribution < -0.4 is 5.32 Å². The standard InChI is InChI=1S/C10H11BrFN/c1-13-10(5-6-10)7-3-2-4-8(12)9(7)11/h2-4,13H,5-6H2,1H3. The summed E-state index contributed by atoms with van der Waals surface area (Å²) in [4.78, 5) is 0. The molecular formula is C10H11BrFN. The van der Waals surface area contributed by atoms with Crippen LogP contribution in [0.15, 0.2) is 22.7 Å². The highest BCUT2D eigenvalue weighted by Gasteiger charge is 2.44. The van der Waals surface area contributed by atoms with Crippen molar-refractivity contribution in [3.8, 4) is 0 Å². The van der Waals surface area contributed by atoms with Crippen LogP contribution in [0.1, 0.15) is 18.4 Å². The van der Waals surface area contributed by atoms with Gasteiger partial charge in [0.15, 0.2) is 0 Å². The van der Waals surface area contributed by atoms with Gasteiger partial charge in [0, 0.05) is 5.54 Å². The summed E-state index contributed by atoms with van der Waals surface area (Å²) in [5.41, 5.74) is 1.07. The Hall–Kier alpha value is -0.410. The molecule has 13 heavy (non-hydrogen) atoms. The molecule has 1 N–H and O–H groups in total. The van der Waals surface area contributed by atoms with Crippen molar-refractivity contribution in [1.82, 2.24) is 5.32 Å².